The molecule has 0 bridgehead atoms. The Hall–Kier alpha value is -1.26. The van der Waals surface area contributed by atoms with Crippen LogP contribution in [0.15, 0.2) is 30.3 Å². The van der Waals surface area contributed by atoms with Crippen molar-refractivity contribution in [3.8, 4) is 17.2 Å². The molecule has 2 aromatic rings. The summed E-state index contributed by atoms with van der Waals surface area (Å²) in [6.07, 6.45) is 0.872. The molecule has 0 amide bonds. The van der Waals surface area contributed by atoms with Gasteiger partial charge in [0.05, 0.1) is 5.02 Å². The van der Waals surface area contributed by atoms with E-state index in [9.17, 15) is 0 Å². The highest BCUT2D eigenvalue weighted by Crippen LogP contribution is 2.46. The maximum atomic E-state index is 7.08. The van der Waals surface area contributed by atoms with E-state index < -0.39 is 25.0 Å². The Bertz CT molecular complexity index is 977. The summed E-state index contributed by atoms with van der Waals surface area (Å²) in [4.78, 5) is 0. The van der Waals surface area contributed by atoms with Crippen molar-refractivity contribution in [2.75, 3.05) is 13.1 Å². The molecule has 0 fully saturated rings. The van der Waals surface area contributed by atoms with Crippen LogP contribution in [0.4, 0.5) is 0 Å². The van der Waals surface area contributed by atoms with E-state index in [1.807, 2.05) is 0 Å². The van der Waals surface area contributed by atoms with Gasteiger partial charge in [0.2, 0.25) is 25.0 Å². The molecule has 0 aromatic heterocycles. The summed E-state index contributed by atoms with van der Waals surface area (Å²) >= 11 is 7.08. The Morgan fingerprint density at radius 3 is 1.94 bits per heavy atom. The number of fused-ring (bicyclic) bond motifs is 1. The average molecular weight is 522 g/mol. The molecule has 0 radical (unpaired) electrons. The molecule has 0 saturated carbocycles. The minimum Gasteiger partial charge on any atom is -0.544 e. The summed E-state index contributed by atoms with van der Waals surface area (Å²) in [6.45, 7) is 21.5. The molecule has 1 unspecified atom stereocenters. The second-order valence-electron chi connectivity index (χ2n) is 11.8. The van der Waals surface area contributed by atoms with Crippen LogP contribution in [0.25, 0.3) is 0 Å². The van der Waals surface area contributed by atoms with Crippen molar-refractivity contribution >= 4 is 36.6 Å². The average Bonchev–Trinajstić information content (AvgIpc) is 2.85. The summed E-state index contributed by atoms with van der Waals surface area (Å²) in [5, 5.41) is 4.33. The molecular formula is C25H40ClNO3Si3. The zero-order valence-electron chi connectivity index (χ0n) is 21.7. The van der Waals surface area contributed by atoms with Gasteiger partial charge in [-0.15, -0.1) is 0 Å². The zero-order chi connectivity index (χ0) is 24.6. The molecule has 0 saturated heterocycles. The van der Waals surface area contributed by atoms with Crippen molar-refractivity contribution in [1.82, 2.24) is 5.32 Å². The lowest BCUT2D eigenvalue weighted by molar-refractivity contribution is 0.487. The molecule has 182 valence electrons. The number of nitrogens with one attached hydrogen (secondary N) is 1. The third-order valence-corrected chi connectivity index (χ3v) is 8.03. The molecule has 33 heavy (non-hydrogen) atoms. The van der Waals surface area contributed by atoms with Crippen molar-refractivity contribution in [3.05, 3.63) is 52.0 Å². The second kappa shape index (κ2) is 9.78. The molecule has 0 spiro atoms. The highest BCUT2D eigenvalue weighted by atomic mass is 35.5. The van der Waals surface area contributed by atoms with Crippen molar-refractivity contribution in [2.24, 2.45) is 0 Å². The molecular weight excluding hydrogens is 482 g/mol. The van der Waals surface area contributed by atoms with Gasteiger partial charge in [0, 0.05) is 12.5 Å². The van der Waals surface area contributed by atoms with E-state index >= 15 is 0 Å². The van der Waals surface area contributed by atoms with E-state index in [0.717, 1.165) is 41.8 Å². The van der Waals surface area contributed by atoms with Gasteiger partial charge < -0.3 is 18.6 Å². The smallest absolute Gasteiger partial charge is 0.242 e. The molecule has 1 aliphatic rings. The molecule has 1 heterocycles. The van der Waals surface area contributed by atoms with E-state index in [0.29, 0.717) is 0 Å². The molecule has 4 nitrogen and oxygen atoms in total. The van der Waals surface area contributed by atoms with Crippen LogP contribution in [0.3, 0.4) is 0 Å². The number of hydrogen-bond acceptors (Lipinski definition) is 4. The maximum Gasteiger partial charge on any atom is 0.242 e. The van der Waals surface area contributed by atoms with Gasteiger partial charge >= 0.3 is 0 Å². The first-order valence-corrected chi connectivity index (χ1v) is 22.5. The molecule has 2 aromatic carbocycles. The van der Waals surface area contributed by atoms with E-state index in [1.165, 1.54) is 16.7 Å². The van der Waals surface area contributed by atoms with Crippen molar-refractivity contribution in [1.29, 1.82) is 0 Å². The summed E-state index contributed by atoms with van der Waals surface area (Å²) < 4.78 is 19.2. The lowest BCUT2D eigenvalue weighted by Gasteiger charge is -2.29. The fraction of sp³-hybridized carbons (Fsp3) is 0.520. The number of halogens is 1. The summed E-state index contributed by atoms with van der Waals surface area (Å²) in [7, 11) is -5.38. The van der Waals surface area contributed by atoms with Crippen LogP contribution in [0, 0.1) is 0 Å². The van der Waals surface area contributed by atoms with Crippen LogP contribution in [0.5, 0.6) is 17.2 Å². The third-order valence-electron chi connectivity index (χ3n) is 5.13. The van der Waals surface area contributed by atoms with E-state index in [2.05, 4.69) is 94.6 Å². The SMILES string of the molecule is C[Si](C)(C)Oc1ccc(C2CNCCc3c2cc(O[Si](C)(C)C)c(O[Si](C)(C)C)c3Cl)cc1. The summed E-state index contributed by atoms with van der Waals surface area (Å²) in [6, 6.07) is 10.8. The highest BCUT2D eigenvalue weighted by molar-refractivity contribution is 6.71. The lowest BCUT2D eigenvalue weighted by Crippen LogP contribution is -2.33. The molecule has 1 N–H and O–H groups in total. The number of rotatable bonds is 7. The molecule has 1 atom stereocenters. The van der Waals surface area contributed by atoms with Crippen LogP contribution in [-0.2, 0) is 6.42 Å². The van der Waals surface area contributed by atoms with Gasteiger partial charge in [0.25, 0.3) is 0 Å². The Labute approximate surface area is 208 Å². The van der Waals surface area contributed by atoms with Gasteiger partial charge in [-0.25, -0.2) is 0 Å². The Balaban J connectivity index is 2.09. The van der Waals surface area contributed by atoms with Gasteiger partial charge in [-0.2, -0.15) is 0 Å². The fourth-order valence-electron chi connectivity index (χ4n) is 4.03. The van der Waals surface area contributed by atoms with E-state index in [4.69, 9.17) is 24.9 Å². The van der Waals surface area contributed by atoms with E-state index in [1.54, 1.807) is 0 Å². The van der Waals surface area contributed by atoms with Gasteiger partial charge in [-0.05, 0) is 107 Å². The quantitative estimate of drug-likeness (QED) is 0.389. The van der Waals surface area contributed by atoms with Gasteiger partial charge in [-0.3, -0.25) is 0 Å². The van der Waals surface area contributed by atoms with E-state index in [-0.39, 0.29) is 5.92 Å². The van der Waals surface area contributed by atoms with Gasteiger partial charge in [-0.1, -0.05) is 23.7 Å². The van der Waals surface area contributed by atoms with Gasteiger partial charge in [0.1, 0.15) is 11.5 Å². The lowest BCUT2D eigenvalue weighted by atomic mass is 9.87. The maximum absolute atomic E-state index is 7.08. The fourth-order valence-corrected chi connectivity index (χ4v) is 6.90. The zero-order valence-corrected chi connectivity index (χ0v) is 25.4. The monoisotopic (exact) mass is 521 g/mol. The van der Waals surface area contributed by atoms with Crippen LogP contribution in [0.2, 0.25) is 63.9 Å². The molecule has 0 aliphatic carbocycles. The predicted octanol–water partition coefficient (Wildman–Crippen LogP) is 7.26. The first-order chi connectivity index (χ1) is 15.1. The van der Waals surface area contributed by atoms with Crippen LogP contribution in [-0.4, -0.2) is 38.0 Å². The molecule has 1 aliphatic heterocycles. The van der Waals surface area contributed by atoms with Crippen LogP contribution < -0.4 is 18.6 Å². The van der Waals surface area contributed by atoms with Crippen molar-refractivity contribution in [3.63, 3.8) is 0 Å². The third kappa shape index (κ3) is 7.36. The molecule has 3 rings (SSSR count). The first kappa shape index (κ1) is 26.3. The topological polar surface area (TPSA) is 39.7 Å². The predicted molar refractivity (Wildman–Crippen MR) is 148 cm³/mol. The second-order valence-corrected chi connectivity index (χ2v) is 25.5. The number of hydrogen-bond donors (Lipinski definition) is 1. The first-order valence-electron chi connectivity index (χ1n) is 11.9. The minimum atomic E-state index is -1.88. The van der Waals surface area contributed by atoms with Gasteiger partial charge in [0.15, 0.2) is 5.75 Å². The highest BCUT2D eigenvalue weighted by Gasteiger charge is 2.31. The van der Waals surface area contributed by atoms with Crippen molar-refractivity contribution < 1.29 is 13.3 Å². The van der Waals surface area contributed by atoms with Crippen LogP contribution >= 0.6 is 11.6 Å². The number of benzene rings is 2. The minimum absolute atomic E-state index is 0.186. The normalized spacial score (nSPS) is 17.2. The van der Waals surface area contributed by atoms with Crippen LogP contribution in [0.1, 0.15) is 22.6 Å². The Kier molecular flexibility index (Phi) is 7.80. The standard InChI is InChI=1S/C25H40ClNO3Si3/c1-31(2,3)28-19-12-10-18(11-13-19)22-17-27-15-14-20-21(22)16-23(29-32(4,5)6)25(24(20)26)30-33(7,8)9/h10-13,16,22,27H,14-15,17H2,1-9H3. The summed E-state index contributed by atoms with van der Waals surface area (Å²) in [5.41, 5.74) is 3.66. The Morgan fingerprint density at radius 2 is 1.39 bits per heavy atom. The summed E-state index contributed by atoms with van der Waals surface area (Å²) in [5.74, 6) is 2.66. The Morgan fingerprint density at radius 1 is 0.818 bits per heavy atom. The molecule has 8 heteroatoms. The van der Waals surface area contributed by atoms with Crippen molar-refractivity contribution in [2.45, 2.75) is 71.3 Å². The largest absolute Gasteiger partial charge is 0.544 e.